The molecule has 0 unspecified atom stereocenters. The van der Waals surface area contributed by atoms with Gasteiger partial charge in [-0.3, -0.25) is 4.79 Å². The van der Waals surface area contributed by atoms with Gasteiger partial charge in [0.25, 0.3) is 0 Å². The molecule has 0 aromatic carbocycles. The molecule has 0 aliphatic rings. The lowest BCUT2D eigenvalue weighted by Gasteiger charge is -2.08. The van der Waals surface area contributed by atoms with Gasteiger partial charge in [0, 0.05) is 6.54 Å². The molecule has 0 fully saturated rings. The highest BCUT2D eigenvalue weighted by Crippen LogP contribution is 1.88. The molecule has 3 nitrogen and oxygen atoms in total. The van der Waals surface area contributed by atoms with E-state index in [1.54, 1.807) is 12.2 Å². The molecule has 0 aromatic heterocycles. The minimum atomic E-state index is 0.00681. The topological polar surface area (TPSA) is 32.3 Å². The number of hydrogen-bond donors (Lipinski definition) is 1. The van der Waals surface area contributed by atoms with Crippen molar-refractivity contribution in [1.82, 2.24) is 10.2 Å². The first-order valence-electron chi connectivity index (χ1n) is 4.72. The summed E-state index contributed by atoms with van der Waals surface area (Å²) in [5.41, 5.74) is 0. The number of nitrogens with one attached hydrogen (secondary N) is 1. The van der Waals surface area contributed by atoms with Crippen LogP contribution in [0.1, 0.15) is 19.8 Å². The largest absolute Gasteiger partial charge is 0.353 e. The lowest BCUT2D eigenvalue weighted by atomic mass is 10.3. The predicted molar refractivity (Wildman–Crippen MR) is 55.6 cm³/mol. The Bertz CT molecular complexity index is 164. The molecule has 13 heavy (non-hydrogen) atoms. The van der Waals surface area contributed by atoms with E-state index in [2.05, 4.69) is 24.3 Å². The van der Waals surface area contributed by atoms with Crippen LogP contribution in [0.15, 0.2) is 12.2 Å². The Morgan fingerprint density at radius 3 is 2.62 bits per heavy atom. The molecule has 0 saturated heterocycles. The number of carbonyl (C=O) groups is 1. The van der Waals surface area contributed by atoms with E-state index in [1.807, 2.05) is 6.92 Å². The van der Waals surface area contributed by atoms with E-state index >= 15 is 0 Å². The summed E-state index contributed by atoms with van der Waals surface area (Å²) in [6.07, 6.45) is 5.46. The van der Waals surface area contributed by atoms with Gasteiger partial charge in [-0.05, 0) is 46.5 Å². The van der Waals surface area contributed by atoms with Crippen LogP contribution in [0, 0.1) is 0 Å². The van der Waals surface area contributed by atoms with Crippen molar-refractivity contribution in [2.45, 2.75) is 19.8 Å². The van der Waals surface area contributed by atoms with Crippen molar-refractivity contribution < 1.29 is 4.79 Å². The third-order valence-corrected chi connectivity index (χ3v) is 1.65. The summed E-state index contributed by atoms with van der Waals surface area (Å²) in [7, 11) is 4.11. The standard InChI is InChI=1S/C10H20N2O/c1-4-7-10(13)11-8-5-6-9-12(2)3/h4,7H,5-6,8-9H2,1-3H3,(H,11,13)/b7-4+. The van der Waals surface area contributed by atoms with Gasteiger partial charge in [0.1, 0.15) is 0 Å². The van der Waals surface area contributed by atoms with E-state index < -0.39 is 0 Å². The summed E-state index contributed by atoms with van der Waals surface area (Å²) in [6.45, 7) is 3.70. The van der Waals surface area contributed by atoms with Crippen LogP contribution >= 0.6 is 0 Å². The van der Waals surface area contributed by atoms with Gasteiger partial charge in [0.2, 0.25) is 5.91 Å². The first kappa shape index (κ1) is 12.2. The highest BCUT2D eigenvalue weighted by atomic mass is 16.1. The van der Waals surface area contributed by atoms with Crippen molar-refractivity contribution in [3.05, 3.63) is 12.2 Å². The highest BCUT2D eigenvalue weighted by Gasteiger charge is 1.94. The summed E-state index contributed by atoms with van der Waals surface area (Å²) >= 11 is 0. The Balaban J connectivity index is 3.21. The number of unbranched alkanes of at least 4 members (excludes halogenated alkanes) is 1. The molecule has 0 radical (unpaired) electrons. The lowest BCUT2D eigenvalue weighted by Crippen LogP contribution is -2.23. The molecule has 0 heterocycles. The molecule has 76 valence electrons. The molecular weight excluding hydrogens is 164 g/mol. The molecule has 0 rings (SSSR count). The zero-order valence-electron chi connectivity index (χ0n) is 8.84. The number of nitrogens with zero attached hydrogens (tertiary/aromatic N) is 1. The molecular formula is C10H20N2O. The van der Waals surface area contributed by atoms with Gasteiger partial charge in [-0.2, -0.15) is 0 Å². The number of carbonyl (C=O) groups excluding carboxylic acids is 1. The summed E-state index contributed by atoms with van der Waals surface area (Å²) in [5.74, 6) is 0.00681. The van der Waals surface area contributed by atoms with E-state index in [0.29, 0.717) is 0 Å². The molecule has 0 spiro atoms. The van der Waals surface area contributed by atoms with Gasteiger partial charge in [0.05, 0.1) is 0 Å². The van der Waals surface area contributed by atoms with Crippen molar-refractivity contribution in [1.29, 1.82) is 0 Å². The molecule has 0 saturated carbocycles. The van der Waals surface area contributed by atoms with E-state index in [9.17, 15) is 4.79 Å². The molecule has 1 amide bonds. The fraction of sp³-hybridized carbons (Fsp3) is 0.700. The van der Waals surface area contributed by atoms with Crippen LogP contribution in [0.5, 0.6) is 0 Å². The first-order chi connectivity index (χ1) is 6.16. The van der Waals surface area contributed by atoms with Crippen LogP contribution in [-0.4, -0.2) is 38.0 Å². The Kier molecular flexibility index (Phi) is 7.30. The van der Waals surface area contributed by atoms with Gasteiger partial charge in [-0.15, -0.1) is 0 Å². The molecule has 0 aliphatic carbocycles. The van der Waals surface area contributed by atoms with Gasteiger partial charge in [-0.25, -0.2) is 0 Å². The Hall–Kier alpha value is -0.830. The van der Waals surface area contributed by atoms with E-state index in [1.165, 1.54) is 0 Å². The van der Waals surface area contributed by atoms with E-state index in [4.69, 9.17) is 0 Å². The first-order valence-corrected chi connectivity index (χ1v) is 4.72. The van der Waals surface area contributed by atoms with Gasteiger partial charge >= 0.3 is 0 Å². The second-order valence-electron chi connectivity index (χ2n) is 3.30. The Morgan fingerprint density at radius 2 is 2.08 bits per heavy atom. The summed E-state index contributed by atoms with van der Waals surface area (Å²) < 4.78 is 0. The number of allylic oxidation sites excluding steroid dienone is 1. The van der Waals surface area contributed by atoms with Crippen LogP contribution < -0.4 is 5.32 Å². The maximum Gasteiger partial charge on any atom is 0.243 e. The Morgan fingerprint density at radius 1 is 1.38 bits per heavy atom. The average Bonchev–Trinajstić information content (AvgIpc) is 2.03. The predicted octanol–water partition coefficient (Wildman–Crippen LogP) is 1.02. The minimum absolute atomic E-state index is 0.00681. The van der Waals surface area contributed by atoms with Crippen molar-refractivity contribution in [2.24, 2.45) is 0 Å². The normalized spacial score (nSPS) is 11.1. The van der Waals surface area contributed by atoms with Crippen LogP contribution in [0.3, 0.4) is 0 Å². The van der Waals surface area contributed by atoms with Crippen LogP contribution in [0.2, 0.25) is 0 Å². The third-order valence-electron chi connectivity index (χ3n) is 1.65. The average molecular weight is 184 g/mol. The molecule has 0 atom stereocenters. The lowest BCUT2D eigenvalue weighted by molar-refractivity contribution is -0.116. The summed E-state index contributed by atoms with van der Waals surface area (Å²) in [5, 5.41) is 2.81. The van der Waals surface area contributed by atoms with Gasteiger partial charge < -0.3 is 10.2 Å². The van der Waals surface area contributed by atoms with Crippen LogP contribution in [-0.2, 0) is 4.79 Å². The van der Waals surface area contributed by atoms with Crippen molar-refractivity contribution >= 4 is 5.91 Å². The number of hydrogen-bond acceptors (Lipinski definition) is 2. The fourth-order valence-electron chi connectivity index (χ4n) is 0.975. The number of rotatable bonds is 6. The quantitative estimate of drug-likeness (QED) is 0.494. The maximum absolute atomic E-state index is 10.9. The smallest absolute Gasteiger partial charge is 0.243 e. The van der Waals surface area contributed by atoms with E-state index in [0.717, 1.165) is 25.9 Å². The monoisotopic (exact) mass is 184 g/mol. The second kappa shape index (κ2) is 7.80. The highest BCUT2D eigenvalue weighted by molar-refractivity contribution is 5.87. The molecule has 0 aromatic rings. The molecule has 3 heteroatoms. The van der Waals surface area contributed by atoms with Crippen LogP contribution in [0.25, 0.3) is 0 Å². The van der Waals surface area contributed by atoms with Crippen molar-refractivity contribution in [2.75, 3.05) is 27.2 Å². The minimum Gasteiger partial charge on any atom is -0.353 e. The molecule has 0 aliphatic heterocycles. The molecule has 1 N–H and O–H groups in total. The number of amides is 1. The SMILES string of the molecule is C/C=C/C(=O)NCCCCN(C)C. The summed E-state index contributed by atoms with van der Waals surface area (Å²) in [6, 6.07) is 0. The second-order valence-corrected chi connectivity index (χ2v) is 3.30. The van der Waals surface area contributed by atoms with Crippen molar-refractivity contribution in [3.8, 4) is 0 Å². The zero-order valence-corrected chi connectivity index (χ0v) is 8.84. The maximum atomic E-state index is 10.9. The van der Waals surface area contributed by atoms with Gasteiger partial charge in [-0.1, -0.05) is 6.08 Å². The van der Waals surface area contributed by atoms with Crippen LogP contribution in [0.4, 0.5) is 0 Å². The Labute approximate surface area is 80.8 Å². The summed E-state index contributed by atoms with van der Waals surface area (Å²) in [4.78, 5) is 13.1. The zero-order chi connectivity index (χ0) is 10.1. The molecule has 0 bridgehead atoms. The van der Waals surface area contributed by atoms with Gasteiger partial charge in [0.15, 0.2) is 0 Å². The third kappa shape index (κ3) is 9.08. The van der Waals surface area contributed by atoms with E-state index in [-0.39, 0.29) is 5.91 Å². The van der Waals surface area contributed by atoms with Crippen molar-refractivity contribution in [3.63, 3.8) is 0 Å². The fourth-order valence-corrected chi connectivity index (χ4v) is 0.975.